The largest absolute Gasteiger partial charge is 0.508 e. The van der Waals surface area contributed by atoms with Gasteiger partial charge in [-0.25, -0.2) is 0 Å². The Kier molecular flexibility index (Phi) is 9.85. The van der Waals surface area contributed by atoms with Gasteiger partial charge in [-0.2, -0.15) is 0 Å². The lowest BCUT2D eigenvalue weighted by atomic mass is 9.76. The summed E-state index contributed by atoms with van der Waals surface area (Å²) in [6.07, 6.45) is 0. The normalized spacial score (nSPS) is 12.2. The van der Waals surface area contributed by atoms with Crippen LogP contribution in [-0.4, -0.2) is 20.3 Å². The van der Waals surface area contributed by atoms with Gasteiger partial charge in [0.25, 0.3) is 0 Å². The first-order chi connectivity index (χ1) is 11.2. The van der Waals surface area contributed by atoms with Crippen molar-refractivity contribution in [3.8, 4) is 5.75 Å². The maximum atomic E-state index is 9.85. The van der Waals surface area contributed by atoms with Gasteiger partial charge in [0.05, 0.1) is 0 Å². The van der Waals surface area contributed by atoms with E-state index in [0.717, 1.165) is 11.8 Å². The third kappa shape index (κ3) is 9.72. The minimum atomic E-state index is 0.0722. The number of benzene rings is 1. The average molecular weight is 363 g/mol. The summed E-state index contributed by atoms with van der Waals surface area (Å²) in [5.41, 5.74) is 3.92. The van der Waals surface area contributed by atoms with Crippen LogP contribution in [-0.2, 0) is 10.8 Å². The first-order valence-corrected chi connectivity index (χ1v) is 12.0. The molecule has 0 unspecified atom stereocenters. The van der Waals surface area contributed by atoms with Gasteiger partial charge in [0.2, 0.25) is 15.2 Å². The minimum absolute atomic E-state index is 0.0722. The molecule has 0 fully saturated rings. The van der Waals surface area contributed by atoms with E-state index < -0.39 is 0 Å². The second-order valence-electron chi connectivity index (χ2n) is 10.4. The SMILES string of the molecule is CC(C)[CH2][AlH][CH2]C(C)C.Cc1c(C(C)(C)C)cc(O)cc1C(C)(C)C. The van der Waals surface area contributed by atoms with E-state index in [2.05, 4.69) is 76.2 Å². The lowest BCUT2D eigenvalue weighted by molar-refractivity contribution is 0.464. The summed E-state index contributed by atoms with van der Waals surface area (Å²) < 4.78 is 0. The predicted molar refractivity (Wildman–Crippen MR) is 117 cm³/mol. The Morgan fingerprint density at radius 1 is 0.800 bits per heavy atom. The van der Waals surface area contributed by atoms with Gasteiger partial charge in [0.1, 0.15) is 5.75 Å². The molecule has 0 saturated carbocycles. The van der Waals surface area contributed by atoms with Gasteiger partial charge in [-0.3, -0.25) is 0 Å². The lowest BCUT2D eigenvalue weighted by Gasteiger charge is -2.28. The fourth-order valence-electron chi connectivity index (χ4n) is 3.19. The molecule has 0 aliphatic carbocycles. The highest BCUT2D eigenvalue weighted by atomic mass is 27.1. The van der Waals surface area contributed by atoms with E-state index in [9.17, 15) is 5.11 Å². The van der Waals surface area contributed by atoms with Crippen molar-refractivity contribution in [2.24, 2.45) is 11.8 Å². The van der Waals surface area contributed by atoms with Crippen molar-refractivity contribution in [3.05, 3.63) is 28.8 Å². The van der Waals surface area contributed by atoms with Crippen molar-refractivity contribution in [2.45, 2.75) is 97.6 Å². The summed E-state index contributed by atoms with van der Waals surface area (Å²) in [6, 6.07) is 3.79. The number of rotatable bonds is 4. The molecule has 0 aliphatic rings. The van der Waals surface area contributed by atoms with Crippen LogP contribution in [0.3, 0.4) is 0 Å². The highest BCUT2D eigenvalue weighted by Crippen LogP contribution is 2.36. The van der Waals surface area contributed by atoms with E-state index in [1.165, 1.54) is 27.3 Å². The highest BCUT2D eigenvalue weighted by molar-refractivity contribution is 6.35. The van der Waals surface area contributed by atoms with E-state index in [4.69, 9.17) is 0 Å². The van der Waals surface area contributed by atoms with Crippen LogP contribution in [0.15, 0.2) is 12.1 Å². The van der Waals surface area contributed by atoms with Gasteiger partial charge in [-0.1, -0.05) is 91.6 Å². The van der Waals surface area contributed by atoms with Crippen LogP contribution in [0.4, 0.5) is 0 Å². The van der Waals surface area contributed by atoms with Crippen LogP contribution < -0.4 is 0 Å². The van der Waals surface area contributed by atoms with Gasteiger partial charge < -0.3 is 5.11 Å². The molecule has 0 amide bonds. The number of phenolic OH excluding ortho intramolecular Hbond substituents is 1. The number of hydrogen-bond acceptors (Lipinski definition) is 1. The molecule has 25 heavy (non-hydrogen) atoms. The first-order valence-electron chi connectivity index (χ1n) is 10.0. The minimum Gasteiger partial charge on any atom is -0.508 e. The van der Waals surface area contributed by atoms with Crippen LogP contribution in [0.2, 0.25) is 10.6 Å². The molecule has 0 aliphatic heterocycles. The predicted octanol–water partition coefficient (Wildman–Crippen LogP) is 6.87. The molecule has 1 nitrogen and oxygen atoms in total. The van der Waals surface area contributed by atoms with E-state index in [1.807, 2.05) is 12.1 Å². The molecule has 1 aromatic carbocycles. The van der Waals surface area contributed by atoms with Gasteiger partial charge in [0, 0.05) is 0 Å². The van der Waals surface area contributed by atoms with Crippen LogP contribution in [0, 0.1) is 18.8 Å². The quantitative estimate of drug-likeness (QED) is 0.580. The Balaban J connectivity index is 0.000000547. The van der Waals surface area contributed by atoms with E-state index in [1.54, 1.807) is 0 Å². The Labute approximate surface area is 164 Å². The Morgan fingerprint density at radius 3 is 1.36 bits per heavy atom. The molecule has 1 aromatic rings. The molecule has 0 heterocycles. The van der Waals surface area contributed by atoms with Gasteiger partial charge in [-0.05, 0) is 46.6 Å². The van der Waals surface area contributed by atoms with Crippen LogP contribution in [0.5, 0.6) is 5.75 Å². The van der Waals surface area contributed by atoms with Crippen LogP contribution in [0.25, 0.3) is 0 Å². The standard InChI is InChI=1S/C15H24O.2C4H9.Al.H/c1-10-12(14(2,3)4)8-11(16)9-13(10)15(5,6)7;2*1-4(2)3;;/h8-9,16H,1-7H3;2*4H,1H2,2-3H3;;. The van der Waals surface area contributed by atoms with Crippen LogP contribution >= 0.6 is 0 Å². The monoisotopic (exact) mass is 362 g/mol. The summed E-state index contributed by atoms with van der Waals surface area (Å²) in [5, 5.41) is 12.9. The van der Waals surface area contributed by atoms with Crippen molar-refractivity contribution in [3.63, 3.8) is 0 Å². The molecule has 0 aromatic heterocycles. The first kappa shape index (κ1) is 24.6. The van der Waals surface area contributed by atoms with Crippen molar-refractivity contribution >= 4 is 15.2 Å². The molecule has 1 rings (SSSR count). The van der Waals surface area contributed by atoms with Crippen molar-refractivity contribution in [1.29, 1.82) is 0 Å². The third-order valence-electron chi connectivity index (χ3n) is 4.57. The molecule has 144 valence electrons. The van der Waals surface area contributed by atoms with Gasteiger partial charge in [0.15, 0.2) is 0 Å². The molecular formula is C23H43AlO. The average Bonchev–Trinajstić information content (AvgIpc) is 2.38. The Bertz CT molecular complexity index is 473. The number of phenols is 1. The van der Waals surface area contributed by atoms with Gasteiger partial charge in [-0.15, -0.1) is 0 Å². The summed E-state index contributed by atoms with van der Waals surface area (Å²) in [5.74, 6) is 2.28. The number of hydrogen-bond donors (Lipinski definition) is 1. The lowest BCUT2D eigenvalue weighted by Crippen LogP contribution is -2.19. The molecular weight excluding hydrogens is 319 g/mol. The van der Waals surface area contributed by atoms with Gasteiger partial charge >= 0.3 is 0 Å². The zero-order valence-electron chi connectivity index (χ0n) is 18.9. The maximum Gasteiger partial charge on any atom is 0.237 e. The molecule has 2 heteroatoms. The third-order valence-corrected chi connectivity index (χ3v) is 7.70. The van der Waals surface area contributed by atoms with Crippen molar-refractivity contribution in [2.75, 3.05) is 0 Å². The zero-order chi connectivity index (χ0) is 20.0. The summed E-state index contributed by atoms with van der Waals surface area (Å²) >= 11 is 0.316. The molecule has 0 spiro atoms. The molecule has 0 bridgehead atoms. The molecule has 0 radical (unpaired) electrons. The van der Waals surface area contributed by atoms with E-state index >= 15 is 0 Å². The fraction of sp³-hybridized carbons (Fsp3) is 0.739. The Morgan fingerprint density at radius 2 is 1.12 bits per heavy atom. The van der Waals surface area contributed by atoms with E-state index in [-0.39, 0.29) is 10.8 Å². The second-order valence-corrected chi connectivity index (χ2v) is 12.2. The number of aromatic hydroxyl groups is 1. The summed E-state index contributed by atoms with van der Waals surface area (Å²) in [4.78, 5) is 0. The van der Waals surface area contributed by atoms with Crippen LogP contribution in [0.1, 0.15) is 85.9 Å². The fourth-order valence-corrected chi connectivity index (χ4v) is 5.06. The topological polar surface area (TPSA) is 20.2 Å². The Hall–Kier alpha value is -0.448. The molecule has 0 saturated heterocycles. The maximum absolute atomic E-state index is 9.85. The summed E-state index contributed by atoms with van der Waals surface area (Å²) in [6.45, 7) is 24.6. The smallest absolute Gasteiger partial charge is 0.237 e. The molecule has 1 N–H and O–H groups in total. The molecule has 0 atom stereocenters. The second kappa shape index (κ2) is 10.0. The summed E-state index contributed by atoms with van der Waals surface area (Å²) in [7, 11) is 0. The van der Waals surface area contributed by atoms with E-state index in [0.29, 0.717) is 21.0 Å². The highest BCUT2D eigenvalue weighted by Gasteiger charge is 2.24. The van der Waals surface area contributed by atoms with Crippen molar-refractivity contribution < 1.29 is 5.11 Å². The zero-order valence-corrected chi connectivity index (χ0v) is 20.3. The van der Waals surface area contributed by atoms with Crippen molar-refractivity contribution in [1.82, 2.24) is 0 Å².